The number of hydrogen-bond donors (Lipinski definition) is 1. The van der Waals surface area contributed by atoms with Gasteiger partial charge < -0.3 is 9.47 Å². The van der Waals surface area contributed by atoms with Crippen molar-refractivity contribution >= 4 is 40.1 Å². The van der Waals surface area contributed by atoms with Crippen molar-refractivity contribution in [1.82, 2.24) is 10.2 Å². The summed E-state index contributed by atoms with van der Waals surface area (Å²) in [4.78, 5) is 11.8. The quantitative estimate of drug-likeness (QED) is 0.879. The van der Waals surface area contributed by atoms with Gasteiger partial charge >= 0.3 is 0 Å². The molecule has 21 heavy (non-hydrogen) atoms. The average molecular weight is 324 g/mol. The first-order chi connectivity index (χ1) is 10.1. The third-order valence-electron chi connectivity index (χ3n) is 2.63. The van der Waals surface area contributed by atoms with Crippen LogP contribution in [0.3, 0.4) is 0 Å². The standard InChI is InChI=1S/C13H10ClN3O3S/c1-7-16-17-13(21-7)15-11(18)3-2-8-4-9(14)12-10(5-8)19-6-20-12/h2-5H,6H2,1H3,(H,15,17,18)/b3-2+. The molecule has 8 heteroatoms. The third kappa shape index (κ3) is 3.14. The van der Waals surface area contributed by atoms with Gasteiger partial charge in [0.25, 0.3) is 0 Å². The van der Waals surface area contributed by atoms with Crippen LogP contribution in [0.15, 0.2) is 18.2 Å². The number of aromatic nitrogens is 2. The van der Waals surface area contributed by atoms with E-state index in [1.54, 1.807) is 18.2 Å². The van der Waals surface area contributed by atoms with E-state index in [2.05, 4.69) is 15.5 Å². The zero-order valence-corrected chi connectivity index (χ0v) is 12.5. The Balaban J connectivity index is 1.71. The molecule has 0 radical (unpaired) electrons. The highest BCUT2D eigenvalue weighted by Crippen LogP contribution is 2.40. The van der Waals surface area contributed by atoms with Crippen molar-refractivity contribution in [2.24, 2.45) is 0 Å². The molecule has 0 fully saturated rings. The lowest BCUT2D eigenvalue weighted by molar-refractivity contribution is -0.111. The Bertz CT molecular complexity index is 729. The Morgan fingerprint density at radius 2 is 2.29 bits per heavy atom. The maximum atomic E-state index is 11.8. The second-order valence-electron chi connectivity index (χ2n) is 4.19. The molecule has 0 saturated carbocycles. The molecule has 6 nitrogen and oxygen atoms in total. The Hall–Kier alpha value is -2.12. The SMILES string of the molecule is Cc1nnc(NC(=O)/C=C/c2cc(Cl)c3c(c2)OCO3)s1. The van der Waals surface area contributed by atoms with E-state index in [1.165, 1.54) is 17.4 Å². The fourth-order valence-electron chi connectivity index (χ4n) is 1.75. The van der Waals surface area contributed by atoms with Crippen LogP contribution in [-0.2, 0) is 4.79 Å². The van der Waals surface area contributed by atoms with Crippen LogP contribution >= 0.6 is 22.9 Å². The van der Waals surface area contributed by atoms with E-state index in [-0.39, 0.29) is 12.7 Å². The van der Waals surface area contributed by atoms with Gasteiger partial charge in [-0.3, -0.25) is 10.1 Å². The minimum Gasteiger partial charge on any atom is -0.454 e. The van der Waals surface area contributed by atoms with Crippen LogP contribution in [0.4, 0.5) is 5.13 Å². The van der Waals surface area contributed by atoms with Crippen LogP contribution in [0.5, 0.6) is 11.5 Å². The molecule has 3 rings (SSSR count). The molecule has 1 aromatic carbocycles. The number of ether oxygens (including phenoxy) is 2. The van der Waals surface area contributed by atoms with Crippen LogP contribution in [0.1, 0.15) is 10.6 Å². The first-order valence-corrected chi connectivity index (χ1v) is 7.19. The van der Waals surface area contributed by atoms with Gasteiger partial charge in [-0.25, -0.2) is 0 Å². The summed E-state index contributed by atoms with van der Waals surface area (Å²) in [6.07, 6.45) is 3.03. The number of amides is 1. The van der Waals surface area contributed by atoms with Crippen LogP contribution in [0.25, 0.3) is 6.08 Å². The predicted molar refractivity (Wildman–Crippen MR) is 79.9 cm³/mol. The van der Waals surface area contributed by atoms with Gasteiger partial charge in [-0.2, -0.15) is 0 Å². The van der Waals surface area contributed by atoms with Crippen LogP contribution < -0.4 is 14.8 Å². The topological polar surface area (TPSA) is 73.3 Å². The molecule has 2 heterocycles. The minimum absolute atomic E-state index is 0.152. The molecular weight excluding hydrogens is 314 g/mol. The summed E-state index contributed by atoms with van der Waals surface area (Å²) >= 11 is 7.38. The summed E-state index contributed by atoms with van der Waals surface area (Å²) in [5.74, 6) is 0.810. The summed E-state index contributed by atoms with van der Waals surface area (Å²) < 4.78 is 10.5. The van der Waals surface area contributed by atoms with Gasteiger partial charge in [-0.1, -0.05) is 22.9 Å². The number of fused-ring (bicyclic) bond motifs is 1. The number of anilines is 1. The van der Waals surface area contributed by atoms with Crippen LogP contribution in [-0.4, -0.2) is 22.9 Å². The second kappa shape index (κ2) is 5.71. The molecule has 108 valence electrons. The largest absolute Gasteiger partial charge is 0.454 e. The fourth-order valence-corrected chi connectivity index (χ4v) is 2.62. The van der Waals surface area contributed by atoms with E-state index in [0.29, 0.717) is 21.7 Å². The molecule has 1 amide bonds. The lowest BCUT2D eigenvalue weighted by Gasteiger charge is -2.01. The van der Waals surface area contributed by atoms with E-state index in [0.717, 1.165) is 10.6 Å². The van der Waals surface area contributed by atoms with Crippen molar-refractivity contribution < 1.29 is 14.3 Å². The zero-order chi connectivity index (χ0) is 14.8. The summed E-state index contributed by atoms with van der Waals surface area (Å²) in [5, 5.41) is 12.0. The lowest BCUT2D eigenvalue weighted by Crippen LogP contribution is -2.07. The monoisotopic (exact) mass is 323 g/mol. The number of nitrogens with one attached hydrogen (secondary N) is 1. The third-order valence-corrected chi connectivity index (χ3v) is 3.67. The van der Waals surface area contributed by atoms with Gasteiger partial charge in [-0.05, 0) is 30.7 Å². The number of halogens is 1. The average Bonchev–Trinajstić information content (AvgIpc) is 3.06. The number of carbonyl (C=O) groups is 1. The molecule has 0 bridgehead atoms. The number of carbonyl (C=O) groups excluding carboxylic acids is 1. The maximum Gasteiger partial charge on any atom is 0.250 e. The number of aryl methyl sites for hydroxylation is 1. The zero-order valence-electron chi connectivity index (χ0n) is 10.9. The van der Waals surface area contributed by atoms with E-state index in [1.807, 2.05) is 6.92 Å². The Kier molecular flexibility index (Phi) is 3.76. The highest BCUT2D eigenvalue weighted by Gasteiger charge is 2.17. The van der Waals surface area contributed by atoms with Crippen LogP contribution in [0, 0.1) is 6.92 Å². The van der Waals surface area contributed by atoms with Crippen molar-refractivity contribution in [3.63, 3.8) is 0 Å². The Morgan fingerprint density at radius 1 is 1.43 bits per heavy atom. The minimum atomic E-state index is -0.292. The Morgan fingerprint density at radius 3 is 3.05 bits per heavy atom. The van der Waals surface area contributed by atoms with Crippen LogP contribution in [0.2, 0.25) is 5.02 Å². The molecule has 0 atom stereocenters. The van der Waals surface area contributed by atoms with Gasteiger partial charge in [0.05, 0.1) is 5.02 Å². The molecule has 2 aromatic rings. The van der Waals surface area contributed by atoms with E-state index >= 15 is 0 Å². The number of rotatable bonds is 3. The smallest absolute Gasteiger partial charge is 0.250 e. The van der Waals surface area contributed by atoms with Crippen molar-refractivity contribution in [2.75, 3.05) is 12.1 Å². The molecule has 0 unspecified atom stereocenters. The maximum absolute atomic E-state index is 11.8. The molecule has 1 N–H and O–H groups in total. The number of benzene rings is 1. The normalized spacial score (nSPS) is 12.9. The second-order valence-corrected chi connectivity index (χ2v) is 5.77. The number of hydrogen-bond acceptors (Lipinski definition) is 6. The van der Waals surface area contributed by atoms with Gasteiger partial charge in [0.1, 0.15) is 5.01 Å². The summed E-state index contributed by atoms with van der Waals surface area (Å²) in [6.45, 7) is 1.97. The van der Waals surface area contributed by atoms with Crippen molar-refractivity contribution in [2.45, 2.75) is 6.92 Å². The predicted octanol–water partition coefficient (Wildman–Crippen LogP) is 2.88. The summed E-state index contributed by atoms with van der Waals surface area (Å²) in [7, 11) is 0. The van der Waals surface area contributed by atoms with Crippen molar-refractivity contribution in [3.05, 3.63) is 33.8 Å². The van der Waals surface area contributed by atoms with Gasteiger partial charge in [0.2, 0.25) is 17.8 Å². The molecule has 0 spiro atoms. The first-order valence-electron chi connectivity index (χ1n) is 6.00. The van der Waals surface area contributed by atoms with Gasteiger partial charge in [-0.15, -0.1) is 10.2 Å². The van der Waals surface area contributed by atoms with Crippen molar-refractivity contribution in [1.29, 1.82) is 0 Å². The summed E-state index contributed by atoms with van der Waals surface area (Å²) in [6, 6.07) is 3.46. The molecule has 1 aromatic heterocycles. The van der Waals surface area contributed by atoms with Gasteiger partial charge in [0.15, 0.2) is 11.5 Å². The van der Waals surface area contributed by atoms with E-state index in [4.69, 9.17) is 21.1 Å². The Labute approximate surface area is 129 Å². The number of nitrogens with zero attached hydrogens (tertiary/aromatic N) is 2. The molecular formula is C13H10ClN3O3S. The van der Waals surface area contributed by atoms with Gasteiger partial charge in [0, 0.05) is 6.08 Å². The molecule has 0 saturated heterocycles. The van der Waals surface area contributed by atoms with Crippen molar-refractivity contribution in [3.8, 4) is 11.5 Å². The lowest BCUT2D eigenvalue weighted by atomic mass is 10.2. The molecule has 0 aliphatic carbocycles. The van der Waals surface area contributed by atoms with E-state index in [9.17, 15) is 4.79 Å². The fraction of sp³-hybridized carbons (Fsp3) is 0.154. The summed E-state index contributed by atoms with van der Waals surface area (Å²) in [5.41, 5.74) is 0.743. The highest BCUT2D eigenvalue weighted by atomic mass is 35.5. The molecule has 1 aliphatic heterocycles. The molecule has 1 aliphatic rings. The first kappa shape index (κ1) is 13.8. The van der Waals surface area contributed by atoms with E-state index < -0.39 is 0 Å². The highest BCUT2D eigenvalue weighted by molar-refractivity contribution is 7.15.